The van der Waals surface area contributed by atoms with Gasteiger partial charge in [-0.25, -0.2) is 13.2 Å². The molecule has 1 aliphatic heterocycles. The molecule has 3 aromatic carbocycles. The number of nitrogens with zero attached hydrogens (tertiary/aromatic N) is 1. The lowest BCUT2D eigenvalue weighted by Crippen LogP contribution is -2.38. The largest absolute Gasteiger partial charge is 0.497 e. The Morgan fingerprint density at radius 3 is 2.48 bits per heavy atom. The molecule has 0 aliphatic carbocycles. The lowest BCUT2D eigenvalue weighted by molar-refractivity contribution is 0.0702. The lowest BCUT2D eigenvalue weighted by Gasteiger charge is -2.35. The van der Waals surface area contributed by atoms with Crippen molar-refractivity contribution in [1.82, 2.24) is 4.90 Å². The second kappa shape index (κ2) is 9.19. The second-order valence-corrected chi connectivity index (χ2v) is 8.05. The standard InChI is InChI=1S/C25H20ClF3N2O2/c1-33-17-5-2-14(3-6-17)22-12-15(19-13-16(26)4-9-21(19)30)10-11-31(22)25(32)18-7-8-20(27)24(29)23(18)28/h2-9,12-13,22H,10-11,30H2,1H3. The first-order chi connectivity index (χ1) is 15.8. The highest BCUT2D eigenvalue weighted by Crippen LogP contribution is 2.38. The first kappa shape index (κ1) is 22.7. The van der Waals surface area contributed by atoms with Crippen molar-refractivity contribution in [1.29, 1.82) is 0 Å². The number of nitrogens with two attached hydrogens (primary N) is 1. The summed E-state index contributed by atoms with van der Waals surface area (Å²) in [5.41, 5.74) is 8.49. The number of hydrogen-bond acceptors (Lipinski definition) is 3. The number of anilines is 1. The molecule has 170 valence electrons. The van der Waals surface area contributed by atoms with Gasteiger partial charge in [0.15, 0.2) is 17.5 Å². The van der Waals surface area contributed by atoms with Crippen LogP contribution < -0.4 is 10.5 Å². The molecular weight excluding hydrogens is 453 g/mol. The van der Waals surface area contributed by atoms with Crippen molar-refractivity contribution < 1.29 is 22.7 Å². The number of hydrogen-bond donors (Lipinski definition) is 1. The summed E-state index contributed by atoms with van der Waals surface area (Å²) in [4.78, 5) is 14.7. The van der Waals surface area contributed by atoms with Gasteiger partial charge in [-0.3, -0.25) is 4.79 Å². The van der Waals surface area contributed by atoms with Crippen LogP contribution in [0.15, 0.2) is 60.7 Å². The number of carbonyl (C=O) groups excluding carboxylic acids is 1. The lowest BCUT2D eigenvalue weighted by atomic mass is 9.91. The molecule has 0 fully saturated rings. The summed E-state index contributed by atoms with van der Waals surface area (Å²) in [6, 6.07) is 13.3. The zero-order valence-electron chi connectivity index (χ0n) is 17.6. The number of rotatable bonds is 4. The second-order valence-electron chi connectivity index (χ2n) is 7.61. The average Bonchev–Trinajstić information content (AvgIpc) is 2.83. The minimum absolute atomic E-state index is 0.200. The van der Waals surface area contributed by atoms with E-state index in [2.05, 4.69) is 0 Å². The van der Waals surface area contributed by atoms with E-state index in [4.69, 9.17) is 22.1 Å². The number of amides is 1. The van der Waals surface area contributed by atoms with Crippen molar-refractivity contribution in [2.24, 2.45) is 0 Å². The highest BCUT2D eigenvalue weighted by Gasteiger charge is 2.32. The Hall–Kier alpha value is -3.45. The molecule has 1 unspecified atom stereocenters. The van der Waals surface area contributed by atoms with E-state index in [1.165, 1.54) is 12.0 Å². The van der Waals surface area contributed by atoms with Gasteiger partial charge in [0.25, 0.3) is 5.91 Å². The van der Waals surface area contributed by atoms with E-state index in [1.54, 1.807) is 42.5 Å². The smallest absolute Gasteiger partial charge is 0.257 e. The number of carbonyl (C=O) groups is 1. The molecule has 0 saturated carbocycles. The summed E-state index contributed by atoms with van der Waals surface area (Å²) >= 11 is 6.16. The van der Waals surface area contributed by atoms with Crippen LogP contribution in [-0.4, -0.2) is 24.5 Å². The maximum Gasteiger partial charge on any atom is 0.257 e. The SMILES string of the molecule is COc1ccc(C2C=C(c3cc(Cl)ccc3N)CCN2C(=O)c2ccc(F)c(F)c2F)cc1. The molecule has 2 N–H and O–H groups in total. The first-order valence-corrected chi connectivity index (χ1v) is 10.5. The minimum Gasteiger partial charge on any atom is -0.497 e. The molecule has 1 amide bonds. The van der Waals surface area contributed by atoms with E-state index in [0.717, 1.165) is 28.8 Å². The Bertz CT molecular complexity index is 1250. The Morgan fingerprint density at radius 1 is 1.06 bits per heavy atom. The van der Waals surface area contributed by atoms with Gasteiger partial charge in [0.2, 0.25) is 0 Å². The molecule has 3 aromatic rings. The van der Waals surface area contributed by atoms with Crippen molar-refractivity contribution in [2.75, 3.05) is 19.4 Å². The van der Waals surface area contributed by atoms with Gasteiger partial charge in [0.1, 0.15) is 5.75 Å². The molecule has 4 nitrogen and oxygen atoms in total. The number of halogens is 4. The molecule has 33 heavy (non-hydrogen) atoms. The number of benzene rings is 3. The molecule has 1 aliphatic rings. The van der Waals surface area contributed by atoms with Crippen molar-refractivity contribution >= 4 is 28.8 Å². The number of methoxy groups -OCH3 is 1. The molecule has 4 rings (SSSR count). The maximum absolute atomic E-state index is 14.4. The van der Waals surface area contributed by atoms with Gasteiger partial charge in [0, 0.05) is 22.8 Å². The third-order valence-electron chi connectivity index (χ3n) is 5.66. The summed E-state index contributed by atoms with van der Waals surface area (Å²) in [5.74, 6) is -4.67. The van der Waals surface area contributed by atoms with Crippen LogP contribution >= 0.6 is 11.6 Å². The van der Waals surface area contributed by atoms with E-state index in [1.807, 2.05) is 6.08 Å². The van der Waals surface area contributed by atoms with E-state index >= 15 is 0 Å². The molecule has 0 radical (unpaired) electrons. The van der Waals surface area contributed by atoms with Crippen LogP contribution in [-0.2, 0) is 0 Å². The normalized spacial score (nSPS) is 15.8. The monoisotopic (exact) mass is 472 g/mol. The third kappa shape index (κ3) is 4.41. The van der Waals surface area contributed by atoms with Gasteiger partial charge in [0.05, 0.1) is 18.7 Å². The molecule has 8 heteroatoms. The van der Waals surface area contributed by atoms with Crippen LogP contribution in [0.5, 0.6) is 5.75 Å². The van der Waals surface area contributed by atoms with E-state index in [0.29, 0.717) is 22.9 Å². The zero-order chi connectivity index (χ0) is 23.7. The molecule has 0 spiro atoms. The van der Waals surface area contributed by atoms with Gasteiger partial charge < -0.3 is 15.4 Å². The fourth-order valence-electron chi connectivity index (χ4n) is 3.93. The van der Waals surface area contributed by atoms with E-state index in [9.17, 15) is 18.0 Å². The first-order valence-electron chi connectivity index (χ1n) is 10.1. The molecule has 1 atom stereocenters. The van der Waals surface area contributed by atoms with Gasteiger partial charge in [-0.1, -0.05) is 29.8 Å². The van der Waals surface area contributed by atoms with Crippen LogP contribution in [0.4, 0.5) is 18.9 Å². The Kier molecular flexibility index (Phi) is 6.33. The van der Waals surface area contributed by atoms with Gasteiger partial charge in [-0.15, -0.1) is 0 Å². The third-order valence-corrected chi connectivity index (χ3v) is 5.90. The van der Waals surface area contributed by atoms with E-state index < -0.39 is 35.0 Å². The number of nitrogen functional groups attached to an aromatic ring is 1. The predicted octanol–water partition coefficient (Wildman–Crippen LogP) is 6.02. The van der Waals surface area contributed by atoms with Crippen molar-refractivity contribution in [3.63, 3.8) is 0 Å². The summed E-state index contributed by atoms with van der Waals surface area (Å²) in [6.45, 7) is 0.200. The summed E-state index contributed by atoms with van der Waals surface area (Å²) in [6.07, 6.45) is 2.26. The highest BCUT2D eigenvalue weighted by atomic mass is 35.5. The minimum atomic E-state index is -1.68. The topological polar surface area (TPSA) is 55.6 Å². The molecule has 1 heterocycles. The predicted molar refractivity (Wildman–Crippen MR) is 122 cm³/mol. The molecule has 0 bridgehead atoms. The molecule has 0 aromatic heterocycles. The van der Waals surface area contributed by atoms with Crippen molar-refractivity contribution in [2.45, 2.75) is 12.5 Å². The van der Waals surface area contributed by atoms with Crippen molar-refractivity contribution in [3.8, 4) is 5.75 Å². The average molecular weight is 473 g/mol. The molecule has 0 saturated heterocycles. The zero-order valence-corrected chi connectivity index (χ0v) is 18.4. The van der Waals surface area contributed by atoms with Crippen LogP contribution in [0.25, 0.3) is 5.57 Å². The van der Waals surface area contributed by atoms with Gasteiger partial charge >= 0.3 is 0 Å². The quantitative estimate of drug-likeness (QED) is 0.373. The fraction of sp³-hybridized carbons (Fsp3) is 0.160. The van der Waals surface area contributed by atoms with Crippen LogP contribution in [0.3, 0.4) is 0 Å². The van der Waals surface area contributed by atoms with Gasteiger partial charge in [-0.2, -0.15) is 0 Å². The Morgan fingerprint density at radius 2 is 1.79 bits per heavy atom. The van der Waals surface area contributed by atoms with Crippen LogP contribution in [0, 0.1) is 17.5 Å². The van der Waals surface area contributed by atoms with Gasteiger partial charge in [-0.05, 0) is 60.0 Å². The molecular formula is C25H20ClF3N2O2. The Balaban J connectivity index is 1.79. The summed E-state index contributed by atoms with van der Waals surface area (Å²) in [7, 11) is 1.54. The summed E-state index contributed by atoms with van der Waals surface area (Å²) < 4.78 is 46.8. The van der Waals surface area contributed by atoms with Crippen LogP contribution in [0.2, 0.25) is 5.02 Å². The highest BCUT2D eigenvalue weighted by molar-refractivity contribution is 6.30. The fourth-order valence-corrected chi connectivity index (χ4v) is 4.10. The number of ether oxygens (including phenoxy) is 1. The van der Waals surface area contributed by atoms with E-state index in [-0.39, 0.29) is 6.54 Å². The van der Waals surface area contributed by atoms with Crippen molar-refractivity contribution in [3.05, 3.63) is 99.8 Å². The Labute approximate surface area is 194 Å². The van der Waals surface area contributed by atoms with Crippen LogP contribution in [0.1, 0.15) is 33.9 Å². The summed E-state index contributed by atoms with van der Waals surface area (Å²) in [5, 5.41) is 0.517. The maximum atomic E-state index is 14.4.